The molecular weight excluding hydrogens is 380 g/mol. The number of aromatic nitrogens is 1. The largest absolute Gasteiger partial charge is 0.337 e. The van der Waals surface area contributed by atoms with Crippen molar-refractivity contribution in [3.05, 3.63) is 40.9 Å². The molecule has 4 rings (SSSR count). The number of hydrogen-bond acceptors (Lipinski definition) is 4. The van der Waals surface area contributed by atoms with Crippen molar-refractivity contribution >= 4 is 29.7 Å². The maximum absolute atomic E-state index is 13.9. The fourth-order valence-corrected chi connectivity index (χ4v) is 4.72. The van der Waals surface area contributed by atoms with Gasteiger partial charge in [-0.2, -0.15) is 0 Å². The van der Waals surface area contributed by atoms with Gasteiger partial charge in [0.05, 0.1) is 5.56 Å². The van der Waals surface area contributed by atoms with Crippen LogP contribution in [0, 0.1) is 11.6 Å². The number of nitrogens with zero attached hydrogens (tertiary/aromatic N) is 2. The predicted octanol–water partition coefficient (Wildman–Crippen LogP) is 3.87. The molecule has 8 heteroatoms. The Morgan fingerprint density at radius 3 is 2.46 bits per heavy atom. The van der Waals surface area contributed by atoms with Gasteiger partial charge in [-0.1, -0.05) is 6.07 Å². The summed E-state index contributed by atoms with van der Waals surface area (Å²) in [6.07, 6.45) is 4.21. The summed E-state index contributed by atoms with van der Waals surface area (Å²) in [6, 6.07) is 4.85. The van der Waals surface area contributed by atoms with Crippen LogP contribution < -0.4 is 5.32 Å². The Hall–Kier alpha value is -1.57. The van der Waals surface area contributed by atoms with Crippen LogP contribution in [-0.2, 0) is 0 Å². The van der Waals surface area contributed by atoms with Gasteiger partial charge >= 0.3 is 0 Å². The van der Waals surface area contributed by atoms with E-state index in [2.05, 4.69) is 10.3 Å². The SMILES string of the molecule is CN(C(=O)c1csc(-c2c(F)cccc2F)n1)C1CC2CCC(C1)N2.Cl. The second kappa shape index (κ2) is 7.58. The fraction of sp³-hybridized carbons (Fsp3) is 0.444. The number of halogens is 3. The molecule has 2 atom stereocenters. The number of hydrogen-bond donors (Lipinski definition) is 1. The highest BCUT2D eigenvalue weighted by Crippen LogP contribution is 2.32. The van der Waals surface area contributed by atoms with Gasteiger partial charge in [-0.25, -0.2) is 13.8 Å². The molecule has 1 aromatic heterocycles. The Morgan fingerprint density at radius 1 is 1.23 bits per heavy atom. The number of thiazole rings is 1. The molecule has 0 aliphatic carbocycles. The van der Waals surface area contributed by atoms with Crippen LogP contribution in [0.15, 0.2) is 23.6 Å². The van der Waals surface area contributed by atoms with Gasteiger partial charge in [0.1, 0.15) is 22.3 Å². The maximum atomic E-state index is 13.9. The van der Waals surface area contributed by atoms with Crippen molar-refractivity contribution in [1.29, 1.82) is 0 Å². The van der Waals surface area contributed by atoms with Crippen LogP contribution >= 0.6 is 23.7 Å². The summed E-state index contributed by atoms with van der Waals surface area (Å²) < 4.78 is 27.8. The van der Waals surface area contributed by atoms with E-state index in [1.165, 1.54) is 18.2 Å². The van der Waals surface area contributed by atoms with E-state index in [-0.39, 0.29) is 40.6 Å². The first kappa shape index (κ1) is 19.2. The molecule has 2 aromatic rings. The number of benzene rings is 1. The van der Waals surface area contributed by atoms with Crippen LogP contribution in [0.25, 0.3) is 10.6 Å². The third-order valence-electron chi connectivity index (χ3n) is 5.22. The Morgan fingerprint density at radius 2 is 1.85 bits per heavy atom. The van der Waals surface area contributed by atoms with Crippen LogP contribution in [0.3, 0.4) is 0 Å². The van der Waals surface area contributed by atoms with Gasteiger partial charge in [0.2, 0.25) is 0 Å². The number of nitrogens with one attached hydrogen (secondary N) is 1. The van der Waals surface area contributed by atoms with E-state index in [4.69, 9.17) is 0 Å². The lowest BCUT2D eigenvalue weighted by Gasteiger charge is -2.35. The van der Waals surface area contributed by atoms with Crippen LogP contribution in [0.5, 0.6) is 0 Å². The lowest BCUT2D eigenvalue weighted by atomic mass is 9.98. The maximum Gasteiger partial charge on any atom is 0.273 e. The highest BCUT2D eigenvalue weighted by atomic mass is 35.5. The molecule has 1 amide bonds. The van der Waals surface area contributed by atoms with Gasteiger partial charge in [0, 0.05) is 30.6 Å². The second-order valence-electron chi connectivity index (χ2n) is 6.81. The quantitative estimate of drug-likeness (QED) is 0.852. The van der Waals surface area contributed by atoms with Crippen molar-refractivity contribution < 1.29 is 13.6 Å². The first-order chi connectivity index (χ1) is 12.0. The van der Waals surface area contributed by atoms with Crippen molar-refractivity contribution in [2.75, 3.05) is 7.05 Å². The lowest BCUT2D eigenvalue weighted by molar-refractivity contribution is 0.0676. The smallest absolute Gasteiger partial charge is 0.273 e. The molecule has 2 unspecified atom stereocenters. The van der Waals surface area contributed by atoms with E-state index in [0.717, 1.165) is 37.0 Å². The molecule has 2 bridgehead atoms. The summed E-state index contributed by atoms with van der Waals surface area (Å²) in [5.74, 6) is -1.53. The molecule has 2 aliphatic rings. The van der Waals surface area contributed by atoms with Gasteiger partial charge in [-0.05, 0) is 37.8 Å². The Labute approximate surface area is 161 Å². The number of amides is 1. The van der Waals surface area contributed by atoms with Gasteiger partial charge in [0.15, 0.2) is 0 Å². The molecule has 0 spiro atoms. The molecule has 26 heavy (non-hydrogen) atoms. The van der Waals surface area contributed by atoms with Crippen LogP contribution in [0.4, 0.5) is 8.78 Å². The molecule has 0 radical (unpaired) electrons. The zero-order valence-electron chi connectivity index (χ0n) is 14.2. The molecule has 140 valence electrons. The van der Waals surface area contributed by atoms with Crippen molar-refractivity contribution in [3.8, 4) is 10.6 Å². The van der Waals surface area contributed by atoms with Crippen LogP contribution in [-0.4, -0.2) is 41.0 Å². The number of rotatable bonds is 3. The van der Waals surface area contributed by atoms with Crippen LogP contribution in [0.1, 0.15) is 36.2 Å². The topological polar surface area (TPSA) is 45.2 Å². The van der Waals surface area contributed by atoms with E-state index < -0.39 is 11.6 Å². The highest BCUT2D eigenvalue weighted by Gasteiger charge is 2.37. The first-order valence-electron chi connectivity index (χ1n) is 8.46. The van der Waals surface area contributed by atoms with Gasteiger partial charge < -0.3 is 10.2 Å². The normalized spacial score (nSPS) is 24.2. The molecule has 2 aliphatic heterocycles. The number of carbonyl (C=O) groups excluding carboxylic acids is 1. The fourth-order valence-electron chi connectivity index (χ4n) is 3.88. The first-order valence-corrected chi connectivity index (χ1v) is 9.34. The Kier molecular flexibility index (Phi) is 5.60. The Bertz CT molecular complexity index is 783. The lowest BCUT2D eigenvalue weighted by Crippen LogP contribution is -2.48. The van der Waals surface area contributed by atoms with Crippen molar-refractivity contribution in [2.45, 2.75) is 43.8 Å². The van der Waals surface area contributed by atoms with E-state index in [9.17, 15) is 13.6 Å². The van der Waals surface area contributed by atoms with Crippen LogP contribution in [0.2, 0.25) is 0 Å². The minimum absolute atomic E-state index is 0. The second-order valence-corrected chi connectivity index (χ2v) is 7.67. The van der Waals surface area contributed by atoms with Crippen molar-refractivity contribution in [2.24, 2.45) is 0 Å². The number of piperidine rings is 1. The number of fused-ring (bicyclic) bond motifs is 2. The minimum Gasteiger partial charge on any atom is -0.337 e. The molecule has 3 heterocycles. The third kappa shape index (κ3) is 3.48. The summed E-state index contributed by atoms with van der Waals surface area (Å²) in [5.41, 5.74) is 0.0742. The summed E-state index contributed by atoms with van der Waals surface area (Å²) in [5, 5.41) is 5.33. The van der Waals surface area contributed by atoms with Gasteiger partial charge in [-0.15, -0.1) is 23.7 Å². The van der Waals surface area contributed by atoms with Gasteiger partial charge in [0.25, 0.3) is 5.91 Å². The molecular formula is C18H20ClF2N3OS. The molecule has 1 N–H and O–H groups in total. The predicted molar refractivity (Wildman–Crippen MR) is 99.8 cm³/mol. The summed E-state index contributed by atoms with van der Waals surface area (Å²) in [4.78, 5) is 18.7. The van der Waals surface area contributed by atoms with E-state index in [1.54, 1.807) is 17.3 Å². The average molecular weight is 400 g/mol. The Balaban J connectivity index is 0.00000196. The highest BCUT2D eigenvalue weighted by molar-refractivity contribution is 7.13. The van der Waals surface area contributed by atoms with Crippen molar-refractivity contribution in [1.82, 2.24) is 15.2 Å². The monoisotopic (exact) mass is 399 g/mol. The van der Waals surface area contributed by atoms with E-state index in [0.29, 0.717) is 12.1 Å². The molecule has 4 nitrogen and oxygen atoms in total. The molecule has 2 saturated heterocycles. The minimum atomic E-state index is -0.670. The number of carbonyl (C=O) groups is 1. The summed E-state index contributed by atoms with van der Waals surface area (Å²) in [7, 11) is 1.79. The zero-order valence-corrected chi connectivity index (χ0v) is 15.9. The van der Waals surface area contributed by atoms with E-state index in [1.807, 2.05) is 0 Å². The standard InChI is InChI=1S/C18H19F2N3OS.ClH/c1-23(12-7-10-5-6-11(8-12)21-10)18(24)15-9-25-17(22-15)16-13(19)3-2-4-14(16)20;/h2-4,9-12,21H,5-8H2,1H3;1H. The van der Waals surface area contributed by atoms with Crippen molar-refractivity contribution in [3.63, 3.8) is 0 Å². The summed E-state index contributed by atoms with van der Waals surface area (Å²) >= 11 is 1.09. The zero-order chi connectivity index (χ0) is 17.6. The van der Waals surface area contributed by atoms with Gasteiger partial charge in [-0.3, -0.25) is 4.79 Å². The van der Waals surface area contributed by atoms with E-state index >= 15 is 0 Å². The summed E-state index contributed by atoms with van der Waals surface area (Å²) in [6.45, 7) is 0. The third-order valence-corrected chi connectivity index (χ3v) is 6.08. The molecule has 1 aromatic carbocycles. The average Bonchev–Trinajstić information content (AvgIpc) is 3.20. The molecule has 2 fully saturated rings. The molecule has 0 saturated carbocycles.